The highest BCUT2D eigenvalue weighted by molar-refractivity contribution is 6.16. The lowest BCUT2D eigenvalue weighted by Crippen LogP contribution is -2.36. The van der Waals surface area contributed by atoms with Gasteiger partial charge in [0.2, 0.25) is 5.78 Å². The molecule has 1 fully saturated rings. The molecule has 0 atom stereocenters. The number of benzene rings is 1. The third-order valence-corrected chi connectivity index (χ3v) is 6.78. The fraction of sp³-hybridized carbons (Fsp3) is 0.259. The minimum Gasteiger partial charge on any atom is -0.372 e. The van der Waals surface area contributed by atoms with E-state index in [9.17, 15) is 18.4 Å². The number of aryl methyl sites for hydroxylation is 1. The number of imidazole rings is 1. The van der Waals surface area contributed by atoms with Gasteiger partial charge in [0.1, 0.15) is 17.3 Å². The summed E-state index contributed by atoms with van der Waals surface area (Å²) in [6, 6.07) is 5.65. The number of hydrogen-bond donors (Lipinski definition) is 1. The van der Waals surface area contributed by atoms with E-state index in [1.165, 1.54) is 23.0 Å². The molecule has 1 aliphatic rings. The number of allylic oxidation sites excluding steroid dienone is 2. The number of nitrogens with zero attached hydrogens (tertiary/aromatic N) is 5. The Hall–Kier alpha value is -4.34. The Morgan fingerprint density at radius 3 is 2.73 bits per heavy atom. The number of ketones is 1. The summed E-state index contributed by atoms with van der Waals surface area (Å²) in [5.74, 6) is -2.00. The topological polar surface area (TPSA) is 88.3 Å². The number of fused-ring (bicyclic) bond motifs is 2. The van der Waals surface area contributed by atoms with Crippen molar-refractivity contribution in [3.05, 3.63) is 88.4 Å². The van der Waals surface area contributed by atoms with Gasteiger partial charge in [0.05, 0.1) is 16.6 Å². The van der Waals surface area contributed by atoms with Crippen molar-refractivity contribution in [3.8, 4) is 0 Å². The zero-order valence-corrected chi connectivity index (χ0v) is 20.5. The third-order valence-electron chi connectivity index (χ3n) is 6.78. The summed E-state index contributed by atoms with van der Waals surface area (Å²) >= 11 is 0. The van der Waals surface area contributed by atoms with Gasteiger partial charge in [-0.05, 0) is 44.0 Å². The first-order valence-electron chi connectivity index (χ1n) is 12.0. The number of halogens is 2. The van der Waals surface area contributed by atoms with Crippen LogP contribution in [0.4, 0.5) is 8.78 Å². The van der Waals surface area contributed by atoms with Gasteiger partial charge in [0.15, 0.2) is 5.65 Å². The maximum Gasteiger partial charge on any atom is 0.327 e. The van der Waals surface area contributed by atoms with Crippen LogP contribution >= 0.6 is 0 Å². The van der Waals surface area contributed by atoms with Crippen molar-refractivity contribution in [2.45, 2.75) is 25.8 Å². The number of carbonyl (C=O) groups is 1. The molecular weight excluding hydrogens is 478 g/mol. The second-order valence-corrected chi connectivity index (χ2v) is 9.06. The van der Waals surface area contributed by atoms with Crippen LogP contribution in [0.15, 0.2) is 70.5 Å². The van der Waals surface area contributed by atoms with Crippen LogP contribution in [0.5, 0.6) is 0 Å². The highest BCUT2D eigenvalue weighted by Gasteiger charge is 2.26. The van der Waals surface area contributed by atoms with Crippen LogP contribution in [0.3, 0.4) is 0 Å². The molecular formula is C27H26F2N6O2. The van der Waals surface area contributed by atoms with Gasteiger partial charge in [-0.2, -0.15) is 0 Å². The second-order valence-electron chi connectivity index (χ2n) is 9.06. The number of aliphatic imine (C=N–C) groups is 1. The van der Waals surface area contributed by atoms with E-state index in [0.29, 0.717) is 37.3 Å². The van der Waals surface area contributed by atoms with Crippen molar-refractivity contribution in [1.29, 1.82) is 0 Å². The van der Waals surface area contributed by atoms with Gasteiger partial charge in [-0.3, -0.25) is 19.3 Å². The van der Waals surface area contributed by atoms with E-state index in [2.05, 4.69) is 21.5 Å². The number of aromatic amines is 1. The molecule has 1 saturated heterocycles. The Balaban J connectivity index is 1.37. The standard InChI is InChI=1S/C27H26F2N6O2/c1-4-30-21(25(36)19-15-33(3)23-14-17(28)13-20(29)24(19)23)12-16(2)34-10-7-18(8-11-34)35-22-6-5-9-31-26(22)32-27(35)37/h4-6,9,12-15,18H,2,7-8,10-11H2,1,3H3,(H,31,32,37)/b21-12-,30-4-. The van der Waals surface area contributed by atoms with Crippen molar-refractivity contribution >= 4 is 34.1 Å². The molecule has 1 aromatic carbocycles. The van der Waals surface area contributed by atoms with E-state index in [1.54, 1.807) is 36.9 Å². The van der Waals surface area contributed by atoms with Gasteiger partial charge in [0.25, 0.3) is 0 Å². The fourth-order valence-electron chi connectivity index (χ4n) is 5.02. The molecule has 190 valence electrons. The number of Topliss-reactive ketones (excluding diaryl/α,β-unsaturated/α-hetero) is 1. The number of H-pyrrole nitrogens is 1. The predicted octanol–water partition coefficient (Wildman–Crippen LogP) is 4.50. The molecule has 4 aromatic rings. The van der Waals surface area contributed by atoms with Crippen LogP contribution in [0, 0.1) is 11.6 Å². The maximum atomic E-state index is 14.6. The summed E-state index contributed by atoms with van der Waals surface area (Å²) in [6.07, 6.45) is 7.61. The van der Waals surface area contributed by atoms with Gasteiger partial charge in [-0.1, -0.05) is 6.58 Å². The zero-order valence-electron chi connectivity index (χ0n) is 20.5. The summed E-state index contributed by atoms with van der Waals surface area (Å²) in [5.41, 5.74) is 2.23. The highest BCUT2D eigenvalue weighted by atomic mass is 19.1. The van der Waals surface area contributed by atoms with Crippen molar-refractivity contribution in [2.24, 2.45) is 12.0 Å². The Kier molecular flexibility index (Phi) is 6.32. The minimum atomic E-state index is -0.803. The normalized spacial score (nSPS) is 15.4. The highest BCUT2D eigenvalue weighted by Crippen LogP contribution is 2.29. The molecule has 10 heteroatoms. The molecule has 0 unspecified atom stereocenters. The van der Waals surface area contributed by atoms with Crippen molar-refractivity contribution in [3.63, 3.8) is 0 Å². The first kappa shape index (κ1) is 24.4. The van der Waals surface area contributed by atoms with Crippen LogP contribution in [-0.4, -0.2) is 49.1 Å². The molecule has 0 spiro atoms. The largest absolute Gasteiger partial charge is 0.372 e. The summed E-state index contributed by atoms with van der Waals surface area (Å²) in [4.78, 5) is 39.3. The molecule has 0 saturated carbocycles. The van der Waals surface area contributed by atoms with Gasteiger partial charge >= 0.3 is 5.69 Å². The van der Waals surface area contributed by atoms with Gasteiger partial charge in [-0.25, -0.2) is 18.6 Å². The fourth-order valence-corrected chi connectivity index (χ4v) is 5.02. The van der Waals surface area contributed by atoms with Crippen LogP contribution in [0.25, 0.3) is 22.1 Å². The number of aromatic nitrogens is 4. The quantitative estimate of drug-likeness (QED) is 0.181. The monoisotopic (exact) mass is 504 g/mol. The van der Waals surface area contributed by atoms with E-state index in [1.807, 2.05) is 11.0 Å². The molecule has 1 aliphatic heterocycles. The van der Waals surface area contributed by atoms with Gasteiger partial charge in [-0.15, -0.1) is 0 Å². The van der Waals surface area contributed by atoms with Crippen molar-refractivity contribution in [2.75, 3.05) is 13.1 Å². The van der Waals surface area contributed by atoms with Crippen molar-refractivity contribution < 1.29 is 13.6 Å². The number of rotatable bonds is 6. The van der Waals surface area contributed by atoms with E-state index in [-0.39, 0.29) is 33.9 Å². The summed E-state index contributed by atoms with van der Waals surface area (Å²) in [5, 5.41) is 0.0520. The lowest BCUT2D eigenvalue weighted by atomic mass is 10.0. The molecule has 0 aliphatic carbocycles. The van der Waals surface area contributed by atoms with E-state index < -0.39 is 17.4 Å². The summed E-state index contributed by atoms with van der Waals surface area (Å²) < 4.78 is 31.7. The van der Waals surface area contributed by atoms with E-state index in [0.717, 1.165) is 11.6 Å². The Morgan fingerprint density at radius 1 is 1.24 bits per heavy atom. The lowest BCUT2D eigenvalue weighted by Gasteiger charge is -2.34. The van der Waals surface area contributed by atoms with Crippen LogP contribution < -0.4 is 5.69 Å². The second kappa shape index (κ2) is 9.61. The first-order valence-corrected chi connectivity index (χ1v) is 12.0. The molecule has 8 nitrogen and oxygen atoms in total. The average Bonchev–Trinajstić information content (AvgIpc) is 3.39. The molecule has 3 aromatic heterocycles. The van der Waals surface area contributed by atoms with Crippen LogP contribution in [-0.2, 0) is 7.05 Å². The lowest BCUT2D eigenvalue weighted by molar-refractivity contribution is 0.103. The molecule has 4 heterocycles. The Labute approximate surface area is 211 Å². The number of likely N-dealkylation sites (tertiary alicyclic amines) is 1. The number of carbonyl (C=O) groups excluding carboxylic acids is 1. The molecule has 5 rings (SSSR count). The van der Waals surface area contributed by atoms with Gasteiger partial charge < -0.3 is 9.47 Å². The number of nitrogens with one attached hydrogen (secondary N) is 1. The number of piperidine rings is 1. The Bertz CT molecular complexity index is 1650. The molecule has 0 bridgehead atoms. The van der Waals surface area contributed by atoms with E-state index in [4.69, 9.17) is 0 Å². The Morgan fingerprint density at radius 2 is 2.00 bits per heavy atom. The molecule has 0 amide bonds. The molecule has 1 N–H and O–H groups in total. The first-order chi connectivity index (χ1) is 17.8. The summed E-state index contributed by atoms with van der Waals surface area (Å²) in [7, 11) is 1.63. The average molecular weight is 505 g/mol. The smallest absolute Gasteiger partial charge is 0.327 e. The number of pyridine rings is 1. The van der Waals surface area contributed by atoms with Crippen LogP contribution in [0.1, 0.15) is 36.2 Å². The SMILES string of the molecule is C=C(/C=C(\N=C/C)C(=O)c1cn(C)c2cc(F)cc(F)c12)N1CCC(n2c(=O)[nH]c3ncccc32)CC1. The molecule has 0 radical (unpaired) electrons. The van der Waals surface area contributed by atoms with Crippen molar-refractivity contribution in [1.82, 2.24) is 24.0 Å². The predicted molar refractivity (Wildman–Crippen MR) is 139 cm³/mol. The minimum absolute atomic E-state index is 0.00676. The van der Waals surface area contributed by atoms with E-state index >= 15 is 0 Å². The third kappa shape index (κ3) is 4.39. The number of hydrogen-bond acceptors (Lipinski definition) is 5. The molecule has 37 heavy (non-hydrogen) atoms. The van der Waals surface area contributed by atoms with Crippen LogP contribution in [0.2, 0.25) is 0 Å². The zero-order chi connectivity index (χ0) is 26.3. The van der Waals surface area contributed by atoms with Gasteiger partial charge in [0, 0.05) is 61.9 Å². The maximum absolute atomic E-state index is 14.6. The summed E-state index contributed by atoms with van der Waals surface area (Å²) in [6.45, 7) is 7.07.